The highest BCUT2D eigenvalue weighted by Crippen LogP contribution is 2.26. The predicted molar refractivity (Wildman–Crippen MR) is 76.0 cm³/mol. The molecule has 0 fully saturated rings. The Morgan fingerprint density at radius 3 is 2.83 bits per heavy atom. The summed E-state index contributed by atoms with van der Waals surface area (Å²) in [5, 5.41) is 11.3. The number of hydrogen-bond acceptors (Lipinski definition) is 5. The summed E-state index contributed by atoms with van der Waals surface area (Å²) in [5.74, 6) is 2.32. The third-order valence-electron chi connectivity index (χ3n) is 2.52. The van der Waals surface area contributed by atoms with Crippen LogP contribution in [0.25, 0.3) is 11.5 Å². The molecule has 0 aliphatic heterocycles. The Kier molecular flexibility index (Phi) is 4.64. The van der Waals surface area contributed by atoms with Crippen LogP contribution in [0.2, 0.25) is 0 Å². The molecule has 1 N–H and O–H groups in total. The van der Waals surface area contributed by atoms with Gasteiger partial charge in [-0.2, -0.15) is 11.8 Å². The molecule has 0 spiro atoms. The number of aryl methyl sites for hydroxylation is 1. The molecule has 0 saturated carbocycles. The number of nitrogens with one attached hydrogen (secondary N) is 1. The minimum atomic E-state index is 0.570. The molecule has 0 radical (unpaired) electrons. The fraction of sp³-hybridized carbons (Fsp3) is 0.385. The molecule has 2 aromatic rings. The van der Waals surface area contributed by atoms with Crippen LogP contribution in [0.4, 0.5) is 5.69 Å². The highest BCUT2D eigenvalue weighted by Gasteiger charge is 2.10. The molecule has 0 unspecified atom stereocenters. The fourth-order valence-electron chi connectivity index (χ4n) is 1.67. The van der Waals surface area contributed by atoms with E-state index in [1.807, 2.05) is 36.0 Å². The molecule has 0 saturated heterocycles. The van der Waals surface area contributed by atoms with Crippen LogP contribution >= 0.6 is 11.8 Å². The maximum absolute atomic E-state index is 5.47. The minimum absolute atomic E-state index is 0.570. The van der Waals surface area contributed by atoms with Crippen LogP contribution in [-0.2, 0) is 0 Å². The van der Waals surface area contributed by atoms with Crippen molar-refractivity contribution in [2.75, 3.05) is 23.9 Å². The Hall–Kier alpha value is -1.49. The summed E-state index contributed by atoms with van der Waals surface area (Å²) < 4.78 is 5.47. The quantitative estimate of drug-likeness (QED) is 0.811. The zero-order valence-electron chi connectivity index (χ0n) is 10.6. The SMILES string of the molecule is CSCCCNc1ccccc1-c1nnc(C)o1. The summed E-state index contributed by atoms with van der Waals surface area (Å²) in [6.07, 6.45) is 3.26. The van der Waals surface area contributed by atoms with Crippen molar-refractivity contribution in [2.24, 2.45) is 0 Å². The molecular formula is C13H17N3OS. The van der Waals surface area contributed by atoms with Crippen LogP contribution in [0.15, 0.2) is 28.7 Å². The van der Waals surface area contributed by atoms with Crippen molar-refractivity contribution < 1.29 is 4.42 Å². The van der Waals surface area contributed by atoms with Gasteiger partial charge in [-0.3, -0.25) is 0 Å². The number of anilines is 1. The number of para-hydroxylation sites is 1. The zero-order chi connectivity index (χ0) is 12.8. The van der Waals surface area contributed by atoms with Crippen molar-refractivity contribution in [3.8, 4) is 11.5 Å². The van der Waals surface area contributed by atoms with E-state index in [4.69, 9.17) is 4.42 Å². The molecular weight excluding hydrogens is 246 g/mol. The van der Waals surface area contributed by atoms with Gasteiger partial charge < -0.3 is 9.73 Å². The average Bonchev–Trinajstić information content (AvgIpc) is 2.82. The number of hydrogen-bond donors (Lipinski definition) is 1. The number of thioether (sulfide) groups is 1. The minimum Gasteiger partial charge on any atom is -0.421 e. The molecule has 0 atom stereocenters. The van der Waals surface area contributed by atoms with E-state index < -0.39 is 0 Å². The third-order valence-corrected chi connectivity index (χ3v) is 3.22. The van der Waals surface area contributed by atoms with Gasteiger partial charge in [0.25, 0.3) is 0 Å². The van der Waals surface area contributed by atoms with E-state index in [2.05, 4.69) is 21.8 Å². The highest BCUT2D eigenvalue weighted by atomic mass is 32.2. The van der Waals surface area contributed by atoms with E-state index in [-0.39, 0.29) is 0 Å². The standard InChI is InChI=1S/C13H17N3OS/c1-10-15-16-13(17-10)11-6-3-4-7-12(11)14-8-5-9-18-2/h3-4,6-7,14H,5,8-9H2,1-2H3. The molecule has 5 heteroatoms. The summed E-state index contributed by atoms with van der Waals surface area (Å²) in [4.78, 5) is 0. The van der Waals surface area contributed by atoms with E-state index in [1.165, 1.54) is 0 Å². The van der Waals surface area contributed by atoms with E-state index in [0.717, 1.165) is 30.0 Å². The third kappa shape index (κ3) is 3.26. The second-order valence-corrected chi connectivity index (χ2v) is 4.93. The van der Waals surface area contributed by atoms with Crippen LogP contribution in [0.5, 0.6) is 0 Å². The second-order valence-electron chi connectivity index (χ2n) is 3.94. The van der Waals surface area contributed by atoms with Crippen molar-refractivity contribution in [3.63, 3.8) is 0 Å². The molecule has 1 aromatic heterocycles. The van der Waals surface area contributed by atoms with Crippen molar-refractivity contribution in [2.45, 2.75) is 13.3 Å². The van der Waals surface area contributed by atoms with Gasteiger partial charge in [0.15, 0.2) is 0 Å². The Labute approximate surface area is 111 Å². The van der Waals surface area contributed by atoms with Crippen LogP contribution in [0.3, 0.4) is 0 Å². The molecule has 0 amide bonds. The lowest BCUT2D eigenvalue weighted by molar-refractivity contribution is 0.533. The molecule has 0 aliphatic rings. The van der Waals surface area contributed by atoms with Crippen molar-refractivity contribution in [3.05, 3.63) is 30.2 Å². The summed E-state index contributed by atoms with van der Waals surface area (Å²) in [6, 6.07) is 8.00. The van der Waals surface area contributed by atoms with Gasteiger partial charge in [0.1, 0.15) is 0 Å². The van der Waals surface area contributed by atoms with Crippen molar-refractivity contribution >= 4 is 17.4 Å². The number of nitrogens with zero attached hydrogens (tertiary/aromatic N) is 2. The van der Waals surface area contributed by atoms with Crippen LogP contribution < -0.4 is 5.32 Å². The zero-order valence-corrected chi connectivity index (χ0v) is 11.5. The molecule has 1 heterocycles. The summed E-state index contributed by atoms with van der Waals surface area (Å²) in [6.45, 7) is 2.75. The van der Waals surface area contributed by atoms with E-state index in [0.29, 0.717) is 11.8 Å². The number of aromatic nitrogens is 2. The lowest BCUT2D eigenvalue weighted by atomic mass is 10.1. The Morgan fingerprint density at radius 2 is 2.11 bits per heavy atom. The van der Waals surface area contributed by atoms with Crippen molar-refractivity contribution in [1.82, 2.24) is 10.2 Å². The summed E-state index contributed by atoms with van der Waals surface area (Å²) in [7, 11) is 0. The first-order chi connectivity index (χ1) is 8.81. The Bertz CT molecular complexity index is 498. The highest BCUT2D eigenvalue weighted by molar-refractivity contribution is 7.98. The van der Waals surface area contributed by atoms with E-state index in [1.54, 1.807) is 6.92 Å². The first-order valence-corrected chi connectivity index (χ1v) is 7.33. The largest absolute Gasteiger partial charge is 0.421 e. The van der Waals surface area contributed by atoms with Gasteiger partial charge in [-0.15, -0.1) is 10.2 Å². The monoisotopic (exact) mass is 263 g/mol. The van der Waals surface area contributed by atoms with Crippen molar-refractivity contribution in [1.29, 1.82) is 0 Å². The lowest BCUT2D eigenvalue weighted by Crippen LogP contribution is -2.03. The maximum atomic E-state index is 5.47. The maximum Gasteiger partial charge on any atom is 0.249 e. The van der Waals surface area contributed by atoms with Gasteiger partial charge >= 0.3 is 0 Å². The van der Waals surface area contributed by atoms with E-state index >= 15 is 0 Å². The van der Waals surface area contributed by atoms with Crippen LogP contribution in [0.1, 0.15) is 12.3 Å². The van der Waals surface area contributed by atoms with E-state index in [9.17, 15) is 0 Å². The fourth-order valence-corrected chi connectivity index (χ4v) is 2.10. The van der Waals surface area contributed by atoms with Crippen LogP contribution in [0, 0.1) is 6.92 Å². The molecule has 2 rings (SSSR count). The van der Waals surface area contributed by atoms with Gasteiger partial charge in [-0.05, 0) is 30.6 Å². The molecule has 0 bridgehead atoms. The molecule has 4 nitrogen and oxygen atoms in total. The first kappa shape index (κ1) is 13.0. The van der Waals surface area contributed by atoms with Gasteiger partial charge in [-0.1, -0.05) is 12.1 Å². The predicted octanol–water partition coefficient (Wildman–Crippen LogP) is 3.21. The van der Waals surface area contributed by atoms with Crippen LogP contribution in [-0.4, -0.2) is 28.8 Å². The second kappa shape index (κ2) is 6.44. The Balaban J connectivity index is 2.10. The van der Waals surface area contributed by atoms with Gasteiger partial charge in [0.2, 0.25) is 11.8 Å². The molecule has 1 aromatic carbocycles. The van der Waals surface area contributed by atoms with Gasteiger partial charge in [0.05, 0.1) is 5.56 Å². The number of rotatable bonds is 6. The number of benzene rings is 1. The summed E-state index contributed by atoms with van der Waals surface area (Å²) >= 11 is 1.86. The molecule has 0 aliphatic carbocycles. The van der Waals surface area contributed by atoms with Gasteiger partial charge in [-0.25, -0.2) is 0 Å². The normalized spacial score (nSPS) is 10.6. The first-order valence-electron chi connectivity index (χ1n) is 5.93. The molecule has 96 valence electrons. The lowest BCUT2D eigenvalue weighted by Gasteiger charge is -2.09. The molecule has 18 heavy (non-hydrogen) atoms. The smallest absolute Gasteiger partial charge is 0.249 e. The summed E-state index contributed by atoms with van der Waals surface area (Å²) in [5.41, 5.74) is 2.00. The topological polar surface area (TPSA) is 51.0 Å². The average molecular weight is 263 g/mol. The van der Waals surface area contributed by atoms with Gasteiger partial charge in [0, 0.05) is 19.2 Å². The Morgan fingerprint density at radius 1 is 1.28 bits per heavy atom.